The predicted octanol–water partition coefficient (Wildman–Crippen LogP) is -0.696. The summed E-state index contributed by atoms with van der Waals surface area (Å²) in [5.41, 5.74) is 1.39. The van der Waals surface area contributed by atoms with Gasteiger partial charge in [0.25, 0.3) is 0 Å². The summed E-state index contributed by atoms with van der Waals surface area (Å²) in [6, 6.07) is 10.6. The second-order valence-corrected chi connectivity index (χ2v) is 4.50. The van der Waals surface area contributed by atoms with Crippen molar-refractivity contribution < 1.29 is 21.6 Å². The van der Waals surface area contributed by atoms with Crippen molar-refractivity contribution in [1.29, 1.82) is 0 Å². The van der Waals surface area contributed by atoms with E-state index in [1.807, 2.05) is 6.92 Å². The summed E-state index contributed by atoms with van der Waals surface area (Å²) in [7, 11) is 4.48. The van der Waals surface area contributed by atoms with Crippen molar-refractivity contribution in [3.63, 3.8) is 0 Å². The van der Waals surface area contributed by atoms with Crippen molar-refractivity contribution in [1.82, 2.24) is 0 Å². The van der Waals surface area contributed by atoms with E-state index in [4.69, 9.17) is 4.74 Å². The molecule has 0 aliphatic carbocycles. The number of halogens is 1. The van der Waals surface area contributed by atoms with E-state index in [2.05, 4.69) is 44.4 Å². The highest BCUT2D eigenvalue weighted by atomic mass is 35.5. The lowest BCUT2D eigenvalue weighted by atomic mass is 10.2. The molecular formula is C13H22ClNO. The summed E-state index contributed by atoms with van der Waals surface area (Å²) in [6.45, 7) is 5.81. The lowest BCUT2D eigenvalue weighted by Crippen LogP contribution is -3.00. The molecule has 1 rings (SSSR count). The molecule has 0 radical (unpaired) electrons. The number of hydrogen-bond acceptors (Lipinski definition) is 1. The molecule has 0 bridgehead atoms. The molecule has 0 spiro atoms. The van der Waals surface area contributed by atoms with E-state index in [1.165, 1.54) is 5.56 Å². The summed E-state index contributed by atoms with van der Waals surface area (Å²) < 4.78 is 6.37. The van der Waals surface area contributed by atoms with Gasteiger partial charge in [-0.15, -0.1) is 0 Å². The van der Waals surface area contributed by atoms with Crippen LogP contribution in [0.3, 0.4) is 0 Å². The van der Waals surface area contributed by atoms with Crippen LogP contribution in [0, 0.1) is 0 Å². The van der Waals surface area contributed by atoms with Crippen LogP contribution in [0.4, 0.5) is 0 Å². The zero-order chi connectivity index (χ0) is 11.1. The summed E-state index contributed by atoms with van der Waals surface area (Å²) in [5, 5.41) is 0. The fourth-order valence-corrected chi connectivity index (χ4v) is 1.61. The van der Waals surface area contributed by atoms with Crippen molar-refractivity contribution in [2.75, 3.05) is 33.9 Å². The van der Waals surface area contributed by atoms with Gasteiger partial charge in [-0.3, -0.25) is 0 Å². The summed E-state index contributed by atoms with van der Waals surface area (Å²) >= 11 is 0. The highest BCUT2D eigenvalue weighted by Crippen LogP contribution is 2.08. The van der Waals surface area contributed by atoms with Gasteiger partial charge in [-0.1, -0.05) is 30.3 Å². The molecule has 0 aliphatic heterocycles. The third-order valence-corrected chi connectivity index (χ3v) is 2.50. The first-order valence-electron chi connectivity index (χ1n) is 5.58. The number of nitrogens with zero attached hydrogens (tertiary/aromatic N) is 1. The summed E-state index contributed by atoms with van der Waals surface area (Å²) in [5.74, 6) is 0. The van der Waals surface area contributed by atoms with Crippen molar-refractivity contribution >= 4 is 0 Å². The summed E-state index contributed by atoms with van der Waals surface area (Å²) in [4.78, 5) is 0. The van der Waals surface area contributed by atoms with E-state index >= 15 is 0 Å². The predicted molar refractivity (Wildman–Crippen MR) is 63.6 cm³/mol. The second kappa shape index (κ2) is 7.66. The molecule has 0 amide bonds. The maximum atomic E-state index is 5.39. The third kappa shape index (κ3) is 6.11. The smallest absolute Gasteiger partial charge is 0.104 e. The Morgan fingerprint density at radius 1 is 1.12 bits per heavy atom. The Bertz CT molecular complexity index is 275. The maximum Gasteiger partial charge on any atom is 0.104 e. The highest BCUT2D eigenvalue weighted by molar-refractivity contribution is 5.13. The molecule has 0 N–H and O–H groups in total. The molecule has 3 heteroatoms. The molecule has 92 valence electrons. The van der Waals surface area contributed by atoms with Crippen molar-refractivity contribution in [2.45, 2.75) is 13.5 Å². The lowest BCUT2D eigenvalue weighted by molar-refractivity contribution is -0.904. The van der Waals surface area contributed by atoms with Gasteiger partial charge in [0, 0.05) is 12.2 Å². The molecule has 1 aromatic rings. The molecule has 2 nitrogen and oxygen atoms in total. The van der Waals surface area contributed by atoms with Crippen molar-refractivity contribution in [3.05, 3.63) is 35.9 Å². The molecular weight excluding hydrogens is 222 g/mol. The topological polar surface area (TPSA) is 9.23 Å². The number of quaternary nitrogens is 1. The SMILES string of the molecule is CCOCC[N+](C)(C)Cc1ccccc1.[Cl-]. The molecule has 0 fully saturated rings. The minimum Gasteiger partial charge on any atom is -1.00 e. The molecule has 0 aliphatic rings. The normalized spacial score (nSPS) is 10.9. The molecule has 1 aromatic carbocycles. The average molecular weight is 244 g/mol. The van der Waals surface area contributed by atoms with Crippen LogP contribution in [0.2, 0.25) is 0 Å². The minimum absolute atomic E-state index is 0. The highest BCUT2D eigenvalue weighted by Gasteiger charge is 2.14. The van der Waals surface area contributed by atoms with Gasteiger partial charge < -0.3 is 21.6 Å². The first kappa shape index (κ1) is 15.4. The van der Waals surface area contributed by atoms with Crippen LogP contribution >= 0.6 is 0 Å². The van der Waals surface area contributed by atoms with Gasteiger partial charge >= 0.3 is 0 Å². The fraction of sp³-hybridized carbons (Fsp3) is 0.538. The molecule has 16 heavy (non-hydrogen) atoms. The van der Waals surface area contributed by atoms with Gasteiger partial charge in [-0.2, -0.15) is 0 Å². The number of likely N-dealkylation sites (N-methyl/N-ethyl adjacent to an activating group) is 1. The van der Waals surface area contributed by atoms with Crippen LogP contribution in [0.15, 0.2) is 30.3 Å². The van der Waals surface area contributed by atoms with Gasteiger partial charge in [-0.25, -0.2) is 0 Å². The van der Waals surface area contributed by atoms with Crippen LogP contribution in [-0.4, -0.2) is 38.3 Å². The first-order valence-corrected chi connectivity index (χ1v) is 5.58. The fourth-order valence-electron chi connectivity index (χ4n) is 1.61. The van der Waals surface area contributed by atoms with E-state index in [0.29, 0.717) is 0 Å². The molecule has 0 unspecified atom stereocenters. The Labute approximate surface area is 105 Å². The maximum absolute atomic E-state index is 5.39. The van der Waals surface area contributed by atoms with Crippen LogP contribution in [0.25, 0.3) is 0 Å². The van der Waals surface area contributed by atoms with Crippen molar-refractivity contribution in [2.24, 2.45) is 0 Å². The number of hydrogen-bond donors (Lipinski definition) is 0. The van der Waals surface area contributed by atoms with Gasteiger partial charge in [0.15, 0.2) is 0 Å². The van der Waals surface area contributed by atoms with Gasteiger partial charge in [-0.05, 0) is 6.92 Å². The third-order valence-electron chi connectivity index (χ3n) is 2.50. The molecule has 0 saturated heterocycles. The monoisotopic (exact) mass is 243 g/mol. The van der Waals surface area contributed by atoms with Gasteiger partial charge in [0.2, 0.25) is 0 Å². The van der Waals surface area contributed by atoms with Crippen LogP contribution in [-0.2, 0) is 11.3 Å². The zero-order valence-corrected chi connectivity index (χ0v) is 11.2. The molecule has 0 aromatic heterocycles. The van der Waals surface area contributed by atoms with Crippen LogP contribution in [0.5, 0.6) is 0 Å². The number of rotatable bonds is 6. The zero-order valence-electron chi connectivity index (χ0n) is 10.4. The Hall–Kier alpha value is -0.570. The number of benzene rings is 1. The van der Waals surface area contributed by atoms with E-state index in [0.717, 1.165) is 30.8 Å². The van der Waals surface area contributed by atoms with Crippen LogP contribution in [0.1, 0.15) is 12.5 Å². The largest absolute Gasteiger partial charge is 1.00 e. The van der Waals surface area contributed by atoms with Gasteiger partial charge in [0.1, 0.15) is 13.1 Å². The first-order chi connectivity index (χ1) is 7.14. The van der Waals surface area contributed by atoms with Crippen molar-refractivity contribution in [3.8, 4) is 0 Å². The van der Waals surface area contributed by atoms with Crippen LogP contribution < -0.4 is 12.4 Å². The van der Waals surface area contributed by atoms with E-state index in [9.17, 15) is 0 Å². The Morgan fingerprint density at radius 2 is 1.75 bits per heavy atom. The lowest BCUT2D eigenvalue weighted by Gasteiger charge is -2.29. The Kier molecular flexibility index (Phi) is 7.39. The molecule has 0 saturated carbocycles. The number of ether oxygens (including phenoxy) is 1. The molecule has 0 atom stereocenters. The van der Waals surface area contributed by atoms with E-state index < -0.39 is 0 Å². The Balaban J connectivity index is 0.00000225. The van der Waals surface area contributed by atoms with E-state index in [-0.39, 0.29) is 12.4 Å². The Morgan fingerprint density at radius 3 is 2.31 bits per heavy atom. The second-order valence-electron chi connectivity index (χ2n) is 4.50. The van der Waals surface area contributed by atoms with E-state index in [1.54, 1.807) is 0 Å². The molecule has 0 heterocycles. The average Bonchev–Trinajstić information content (AvgIpc) is 2.18. The van der Waals surface area contributed by atoms with Gasteiger partial charge in [0.05, 0.1) is 20.7 Å². The minimum atomic E-state index is 0. The summed E-state index contributed by atoms with van der Waals surface area (Å²) in [6.07, 6.45) is 0. The quantitative estimate of drug-likeness (QED) is 0.475. The standard InChI is InChI=1S/C13H22NO.ClH/c1-4-15-11-10-14(2,3)12-13-8-6-5-7-9-13;/h5-9H,4,10-12H2,1-3H3;1H/q+1;/p-1.